The zero-order chi connectivity index (χ0) is 25.0. The van der Waals surface area contributed by atoms with Crippen LogP contribution in [0.25, 0.3) is 21.2 Å². The monoisotopic (exact) mass is 498 g/mol. The summed E-state index contributed by atoms with van der Waals surface area (Å²) in [4.78, 5) is 33.9. The van der Waals surface area contributed by atoms with Gasteiger partial charge in [0.1, 0.15) is 17.1 Å². The van der Waals surface area contributed by atoms with Crippen molar-refractivity contribution in [3.8, 4) is 11.5 Å². The Labute approximate surface area is 210 Å². The fourth-order valence-corrected chi connectivity index (χ4v) is 5.66. The van der Waals surface area contributed by atoms with E-state index in [0.29, 0.717) is 34.0 Å². The molecule has 1 unspecified atom stereocenters. The van der Waals surface area contributed by atoms with Crippen LogP contribution in [-0.2, 0) is 0 Å². The number of carbonyl (C=O) groups is 1. The minimum absolute atomic E-state index is 0.0476. The van der Waals surface area contributed by atoms with Crippen LogP contribution in [0, 0.1) is 6.92 Å². The van der Waals surface area contributed by atoms with Crippen LogP contribution < -0.4 is 19.8 Å². The molecule has 0 spiro atoms. The number of ether oxygens (including phenoxy) is 2. The summed E-state index contributed by atoms with van der Waals surface area (Å²) in [6, 6.07) is 17.7. The van der Waals surface area contributed by atoms with E-state index >= 15 is 0 Å². The maximum Gasteiger partial charge on any atom is 0.297 e. The Morgan fingerprint density at radius 2 is 1.81 bits per heavy atom. The van der Waals surface area contributed by atoms with Crippen molar-refractivity contribution in [2.75, 3.05) is 18.6 Å². The number of methoxy groups -OCH3 is 1. The van der Waals surface area contributed by atoms with Crippen molar-refractivity contribution in [1.82, 2.24) is 4.98 Å². The van der Waals surface area contributed by atoms with E-state index < -0.39 is 11.9 Å². The number of amides is 1. The number of aromatic nitrogens is 1. The molecule has 0 aliphatic carbocycles. The molecule has 1 atom stereocenters. The highest BCUT2D eigenvalue weighted by Gasteiger charge is 2.45. The molecule has 7 nitrogen and oxygen atoms in total. The van der Waals surface area contributed by atoms with Crippen molar-refractivity contribution in [1.29, 1.82) is 0 Å². The van der Waals surface area contributed by atoms with Gasteiger partial charge in [-0.3, -0.25) is 14.5 Å². The van der Waals surface area contributed by atoms with Crippen LogP contribution in [-0.4, -0.2) is 24.6 Å². The smallest absolute Gasteiger partial charge is 0.297 e. The number of anilines is 1. The lowest BCUT2D eigenvalue weighted by Gasteiger charge is -2.22. The molecule has 0 saturated carbocycles. The van der Waals surface area contributed by atoms with E-state index in [-0.39, 0.29) is 11.2 Å². The molecule has 0 radical (unpaired) electrons. The number of nitrogens with zero attached hydrogens (tertiary/aromatic N) is 2. The molecule has 0 saturated heterocycles. The van der Waals surface area contributed by atoms with Crippen molar-refractivity contribution in [3.05, 3.63) is 93.3 Å². The first kappa shape index (κ1) is 22.3. The number of fused-ring (bicyclic) bond motifs is 3. The Bertz CT molecular complexity index is 1700. The van der Waals surface area contributed by atoms with Crippen molar-refractivity contribution in [2.24, 2.45) is 0 Å². The number of carbonyl (C=O) groups excluding carboxylic acids is 1. The van der Waals surface area contributed by atoms with Gasteiger partial charge in [-0.25, -0.2) is 4.98 Å². The molecule has 1 amide bonds. The summed E-state index contributed by atoms with van der Waals surface area (Å²) in [5, 5.41) is 0.933. The molecule has 0 bridgehead atoms. The average molecular weight is 499 g/mol. The van der Waals surface area contributed by atoms with E-state index in [9.17, 15) is 9.59 Å². The first-order chi connectivity index (χ1) is 17.5. The van der Waals surface area contributed by atoms with Gasteiger partial charge in [-0.2, -0.15) is 0 Å². The van der Waals surface area contributed by atoms with E-state index in [2.05, 4.69) is 0 Å². The second-order valence-electron chi connectivity index (χ2n) is 8.58. The Kier molecular flexibility index (Phi) is 5.26. The summed E-state index contributed by atoms with van der Waals surface area (Å²) >= 11 is 1.37. The molecule has 6 rings (SSSR count). The fourth-order valence-electron chi connectivity index (χ4n) is 4.64. The third kappa shape index (κ3) is 3.45. The second kappa shape index (κ2) is 8.49. The van der Waals surface area contributed by atoms with Gasteiger partial charge in [0.25, 0.3) is 5.91 Å². The average Bonchev–Trinajstić information content (AvgIpc) is 3.43. The molecule has 36 heavy (non-hydrogen) atoms. The van der Waals surface area contributed by atoms with Crippen LogP contribution in [0.4, 0.5) is 5.13 Å². The molecule has 8 heteroatoms. The SMILES string of the molecule is CCOc1ccc2nc(N3C(=O)c4oc5ccc(C)cc5c(=O)c4C3c3ccc(OC)cc3)sc2c1. The lowest BCUT2D eigenvalue weighted by atomic mass is 9.98. The van der Waals surface area contributed by atoms with Gasteiger partial charge in [-0.05, 0) is 61.9 Å². The van der Waals surface area contributed by atoms with E-state index in [1.165, 1.54) is 11.3 Å². The molecule has 3 heterocycles. The van der Waals surface area contributed by atoms with Gasteiger partial charge >= 0.3 is 0 Å². The van der Waals surface area contributed by atoms with Gasteiger partial charge in [0.2, 0.25) is 5.76 Å². The summed E-state index contributed by atoms with van der Waals surface area (Å²) < 4.78 is 17.9. The molecule has 1 aliphatic heterocycles. The van der Waals surface area contributed by atoms with Crippen LogP contribution >= 0.6 is 11.3 Å². The number of benzene rings is 3. The minimum atomic E-state index is -0.688. The van der Waals surface area contributed by atoms with Crippen LogP contribution in [0.15, 0.2) is 69.9 Å². The van der Waals surface area contributed by atoms with Crippen LogP contribution in [0.5, 0.6) is 11.5 Å². The highest BCUT2D eigenvalue weighted by atomic mass is 32.1. The molecule has 5 aromatic rings. The van der Waals surface area contributed by atoms with Crippen LogP contribution in [0.2, 0.25) is 0 Å². The van der Waals surface area contributed by atoms with Gasteiger partial charge < -0.3 is 13.9 Å². The standard InChI is InChI=1S/C28H22N2O5S/c1-4-34-18-10-11-20-22(14-18)36-28(29-20)30-24(16-6-8-17(33-3)9-7-16)23-25(31)19-13-15(2)5-12-21(19)35-26(23)27(30)32/h5-14,24H,4H2,1-3H3. The summed E-state index contributed by atoms with van der Waals surface area (Å²) in [7, 11) is 1.59. The Hall–Kier alpha value is -4.17. The number of hydrogen-bond acceptors (Lipinski definition) is 7. The van der Waals surface area contributed by atoms with Crippen molar-refractivity contribution < 1.29 is 18.7 Å². The summed E-state index contributed by atoms with van der Waals surface area (Å²) in [5.74, 6) is 1.07. The van der Waals surface area contributed by atoms with Gasteiger partial charge in [-0.1, -0.05) is 35.1 Å². The van der Waals surface area contributed by atoms with E-state index in [4.69, 9.17) is 18.9 Å². The predicted octanol–water partition coefficient (Wildman–Crippen LogP) is 5.87. The van der Waals surface area contributed by atoms with Crippen molar-refractivity contribution >= 4 is 43.6 Å². The number of aryl methyl sites for hydroxylation is 1. The number of thiazole rings is 1. The highest BCUT2D eigenvalue weighted by molar-refractivity contribution is 7.22. The molecule has 180 valence electrons. The van der Waals surface area contributed by atoms with Crippen molar-refractivity contribution in [2.45, 2.75) is 19.9 Å². The summed E-state index contributed by atoms with van der Waals surface area (Å²) in [5.41, 5.74) is 2.93. The summed E-state index contributed by atoms with van der Waals surface area (Å²) in [6.45, 7) is 4.40. The molecule has 0 N–H and O–H groups in total. The largest absolute Gasteiger partial charge is 0.497 e. The Morgan fingerprint density at radius 1 is 1.03 bits per heavy atom. The third-order valence-electron chi connectivity index (χ3n) is 6.32. The molecule has 1 aliphatic rings. The van der Waals surface area contributed by atoms with Gasteiger partial charge in [0.15, 0.2) is 10.6 Å². The van der Waals surface area contributed by atoms with Gasteiger partial charge in [0, 0.05) is 0 Å². The zero-order valence-corrected chi connectivity index (χ0v) is 20.7. The first-order valence-electron chi connectivity index (χ1n) is 11.6. The Morgan fingerprint density at radius 3 is 2.56 bits per heavy atom. The second-order valence-corrected chi connectivity index (χ2v) is 9.59. The minimum Gasteiger partial charge on any atom is -0.497 e. The molecular formula is C28H22N2O5S. The van der Waals surface area contributed by atoms with Crippen molar-refractivity contribution in [3.63, 3.8) is 0 Å². The molecule has 3 aromatic carbocycles. The van der Waals surface area contributed by atoms with Crippen LogP contribution in [0.3, 0.4) is 0 Å². The number of hydrogen-bond donors (Lipinski definition) is 0. The predicted molar refractivity (Wildman–Crippen MR) is 140 cm³/mol. The lowest BCUT2D eigenvalue weighted by Crippen LogP contribution is -2.29. The highest BCUT2D eigenvalue weighted by Crippen LogP contribution is 2.44. The maximum absolute atomic E-state index is 13.8. The maximum atomic E-state index is 13.8. The normalized spacial score (nSPS) is 15.0. The zero-order valence-electron chi connectivity index (χ0n) is 19.9. The van der Waals surface area contributed by atoms with Crippen LogP contribution in [0.1, 0.15) is 40.2 Å². The topological polar surface area (TPSA) is 81.9 Å². The van der Waals surface area contributed by atoms with E-state index in [1.807, 2.05) is 62.4 Å². The van der Waals surface area contributed by atoms with Gasteiger partial charge in [-0.15, -0.1) is 0 Å². The van der Waals surface area contributed by atoms with Gasteiger partial charge in [0.05, 0.1) is 40.9 Å². The lowest BCUT2D eigenvalue weighted by molar-refractivity contribution is 0.0971. The Balaban J connectivity index is 1.58. The summed E-state index contributed by atoms with van der Waals surface area (Å²) in [6.07, 6.45) is 0. The molecule has 0 fully saturated rings. The quantitative estimate of drug-likeness (QED) is 0.302. The van der Waals surface area contributed by atoms with E-state index in [0.717, 1.165) is 27.1 Å². The molecular weight excluding hydrogens is 476 g/mol. The fraction of sp³-hybridized carbons (Fsp3) is 0.179. The third-order valence-corrected chi connectivity index (χ3v) is 7.34. The molecule has 2 aromatic heterocycles. The number of rotatable bonds is 5. The first-order valence-corrected chi connectivity index (χ1v) is 12.4. The van der Waals surface area contributed by atoms with E-state index in [1.54, 1.807) is 24.1 Å².